The van der Waals surface area contributed by atoms with Crippen LogP contribution in [-0.4, -0.2) is 0 Å². The predicted molar refractivity (Wildman–Crippen MR) is 81.2 cm³/mol. The van der Waals surface area contributed by atoms with E-state index in [1.807, 2.05) is 0 Å². The molecule has 0 spiro atoms. The highest BCUT2D eigenvalue weighted by atomic mass is 15.0. The van der Waals surface area contributed by atoms with Crippen molar-refractivity contribution in [2.45, 2.75) is 12.8 Å². The van der Waals surface area contributed by atoms with Crippen LogP contribution in [-0.2, 0) is 0 Å². The van der Waals surface area contributed by atoms with Gasteiger partial charge in [-0.25, -0.2) is 0 Å². The first-order valence-electron chi connectivity index (χ1n) is 10.5. The Balaban J connectivity index is 1.48. The zero-order chi connectivity index (χ0) is 13.4. The molecule has 0 radical (unpaired) electrons. The SMILES string of the molecule is C=CC12C3[C@@H]4C[C@@H]5C6C7[C@@H]8[C@@H]5[C@@H]4[C@@H]1[C@@H]8[C@@H]1[C@@H]7[C@H]4[C@H]([C@@H]12)[C@H]3C[C@@H]64. The van der Waals surface area contributed by atoms with E-state index in [4.69, 9.17) is 0 Å². The third-order valence-electron chi connectivity index (χ3n) is 13.2. The Kier molecular flexibility index (Phi) is 1.02. The van der Waals surface area contributed by atoms with E-state index in [1.165, 1.54) is 82.9 Å². The summed E-state index contributed by atoms with van der Waals surface area (Å²) in [6.07, 6.45) is 6.03. The topological polar surface area (TPSA) is 0 Å². The van der Waals surface area contributed by atoms with Crippen molar-refractivity contribution < 1.29 is 0 Å². The second-order valence-electron chi connectivity index (χ2n) is 11.7. The molecule has 22 heavy (non-hydrogen) atoms. The zero-order valence-electron chi connectivity index (χ0n) is 13.0. The van der Waals surface area contributed by atoms with Gasteiger partial charge in [0.1, 0.15) is 0 Å². The molecule has 4 unspecified atom stereocenters. The number of hydrogen-bond donors (Lipinski definition) is 0. The van der Waals surface area contributed by atoms with E-state index in [-0.39, 0.29) is 0 Å². The Morgan fingerprint density at radius 3 is 1.64 bits per heavy atom. The Labute approximate surface area is 132 Å². The van der Waals surface area contributed by atoms with Crippen molar-refractivity contribution in [3.8, 4) is 0 Å². The van der Waals surface area contributed by atoms with Gasteiger partial charge in [0, 0.05) is 0 Å². The molecule has 10 saturated carbocycles. The Bertz CT molecular complexity index is 677. The summed E-state index contributed by atoms with van der Waals surface area (Å²) in [5.74, 6) is 20.6. The van der Waals surface area contributed by atoms with Crippen LogP contribution in [0, 0.1) is 106 Å². The van der Waals surface area contributed by atoms with Gasteiger partial charge in [0.2, 0.25) is 0 Å². The molecule has 10 aliphatic rings. The molecule has 0 nitrogen and oxygen atoms in total. The molecule has 0 heterocycles. The van der Waals surface area contributed by atoms with Crippen LogP contribution in [0.4, 0.5) is 0 Å². The van der Waals surface area contributed by atoms with Crippen molar-refractivity contribution in [3.63, 3.8) is 0 Å². The molecule has 0 bridgehead atoms. The quantitative estimate of drug-likeness (QED) is 0.647. The lowest BCUT2D eigenvalue weighted by molar-refractivity contribution is 0.0938. The highest BCUT2D eigenvalue weighted by Crippen LogP contribution is 2.99. The normalized spacial score (nSPS) is 94.8. The van der Waals surface area contributed by atoms with Gasteiger partial charge in [-0.15, -0.1) is 6.58 Å². The van der Waals surface area contributed by atoms with E-state index in [1.54, 1.807) is 12.8 Å². The fourth-order valence-electron chi connectivity index (χ4n) is 14.7. The summed E-state index contributed by atoms with van der Waals surface area (Å²) in [5.41, 5.74) is 0.686. The van der Waals surface area contributed by atoms with Crippen LogP contribution in [0.3, 0.4) is 0 Å². The predicted octanol–water partition coefficient (Wildman–Crippen LogP) is 3.55. The summed E-state index contributed by atoms with van der Waals surface area (Å²) < 4.78 is 0. The van der Waals surface area contributed by atoms with Gasteiger partial charge < -0.3 is 0 Å². The molecule has 18 atom stereocenters. The monoisotopic (exact) mass is 288 g/mol. The summed E-state index contributed by atoms with van der Waals surface area (Å²) in [4.78, 5) is 0. The van der Waals surface area contributed by atoms with E-state index in [9.17, 15) is 0 Å². The minimum atomic E-state index is 0.686. The molecule has 0 aromatic carbocycles. The first-order chi connectivity index (χ1) is 10.9. The number of rotatable bonds is 1. The first kappa shape index (κ1) is 9.90. The third kappa shape index (κ3) is 0.509. The first-order valence-corrected chi connectivity index (χ1v) is 10.5. The zero-order valence-corrected chi connectivity index (χ0v) is 13.0. The number of fused-ring (bicyclic) bond motifs is 4. The summed E-state index contributed by atoms with van der Waals surface area (Å²) in [6, 6.07) is 0. The molecule has 0 aromatic heterocycles. The van der Waals surface area contributed by atoms with Gasteiger partial charge in [0.15, 0.2) is 0 Å². The summed E-state index contributed by atoms with van der Waals surface area (Å²) >= 11 is 0. The van der Waals surface area contributed by atoms with Crippen molar-refractivity contribution in [2.75, 3.05) is 0 Å². The van der Waals surface area contributed by atoms with Crippen LogP contribution in [0.15, 0.2) is 12.7 Å². The lowest BCUT2D eigenvalue weighted by Gasteiger charge is -2.41. The summed E-state index contributed by atoms with van der Waals surface area (Å²) in [6.45, 7) is 4.55. The highest BCUT2D eigenvalue weighted by Gasteiger charge is 2.95. The lowest BCUT2D eigenvalue weighted by Crippen LogP contribution is -2.36. The van der Waals surface area contributed by atoms with Gasteiger partial charge in [0.25, 0.3) is 0 Å². The maximum Gasteiger partial charge on any atom is -0.00193 e. The largest absolute Gasteiger partial charge is 0.102 e. The average molecular weight is 288 g/mol. The molecule has 10 fully saturated rings. The van der Waals surface area contributed by atoms with Crippen LogP contribution in [0.25, 0.3) is 0 Å². The minimum Gasteiger partial charge on any atom is -0.102 e. The molecule has 0 aromatic rings. The molecular formula is C22H24. The molecular weight excluding hydrogens is 264 g/mol. The highest BCUT2D eigenvalue weighted by molar-refractivity contribution is 5.44. The van der Waals surface area contributed by atoms with E-state index in [2.05, 4.69) is 12.7 Å². The van der Waals surface area contributed by atoms with Crippen molar-refractivity contribution in [1.29, 1.82) is 0 Å². The van der Waals surface area contributed by atoms with Crippen LogP contribution in [0.5, 0.6) is 0 Å². The maximum atomic E-state index is 4.55. The number of allylic oxidation sites excluding steroid dienone is 1. The fourth-order valence-corrected chi connectivity index (χ4v) is 14.7. The van der Waals surface area contributed by atoms with Crippen molar-refractivity contribution >= 4 is 0 Å². The van der Waals surface area contributed by atoms with Crippen LogP contribution in [0.1, 0.15) is 12.8 Å². The Morgan fingerprint density at radius 2 is 1.09 bits per heavy atom. The van der Waals surface area contributed by atoms with E-state index >= 15 is 0 Å². The van der Waals surface area contributed by atoms with Crippen molar-refractivity contribution in [3.05, 3.63) is 12.7 Å². The van der Waals surface area contributed by atoms with E-state index in [0.29, 0.717) is 5.41 Å². The Morgan fingerprint density at radius 1 is 0.545 bits per heavy atom. The second-order valence-corrected chi connectivity index (χ2v) is 11.7. The van der Waals surface area contributed by atoms with Crippen molar-refractivity contribution in [2.24, 2.45) is 106 Å². The molecule has 10 rings (SSSR count). The molecule has 10 aliphatic carbocycles. The van der Waals surface area contributed by atoms with E-state index < -0.39 is 0 Å². The maximum absolute atomic E-state index is 4.55. The number of hydrogen-bond acceptors (Lipinski definition) is 0. The average Bonchev–Trinajstić information content (AvgIpc) is 3.22. The van der Waals surface area contributed by atoms with Gasteiger partial charge in [0.05, 0.1) is 0 Å². The van der Waals surface area contributed by atoms with Gasteiger partial charge in [-0.05, 0) is 119 Å². The van der Waals surface area contributed by atoms with Crippen LogP contribution >= 0.6 is 0 Å². The van der Waals surface area contributed by atoms with Gasteiger partial charge in [-0.3, -0.25) is 0 Å². The molecule has 0 aliphatic heterocycles. The van der Waals surface area contributed by atoms with Crippen LogP contribution in [0.2, 0.25) is 0 Å². The molecule has 0 N–H and O–H groups in total. The van der Waals surface area contributed by atoms with Gasteiger partial charge in [-0.1, -0.05) is 6.08 Å². The fraction of sp³-hybridized carbons (Fsp3) is 0.909. The molecule has 0 saturated heterocycles. The van der Waals surface area contributed by atoms with Crippen molar-refractivity contribution in [1.82, 2.24) is 0 Å². The molecule has 0 heteroatoms. The molecule has 0 amide bonds. The summed E-state index contributed by atoms with van der Waals surface area (Å²) in [5, 5.41) is 0. The van der Waals surface area contributed by atoms with Gasteiger partial charge >= 0.3 is 0 Å². The Hall–Kier alpha value is -0.260. The lowest BCUT2D eigenvalue weighted by atomic mass is 9.63. The smallest absolute Gasteiger partial charge is 0.00193 e. The van der Waals surface area contributed by atoms with Gasteiger partial charge in [-0.2, -0.15) is 0 Å². The second kappa shape index (κ2) is 2.26. The summed E-state index contributed by atoms with van der Waals surface area (Å²) in [7, 11) is 0. The minimum absolute atomic E-state index is 0.686. The van der Waals surface area contributed by atoms with E-state index in [0.717, 1.165) is 17.8 Å². The van der Waals surface area contributed by atoms with Crippen LogP contribution < -0.4 is 0 Å². The standard InChI is InChI=1S/C22H24/c1-2-22-19-7-3-5-9-6-4-8(19)13-11(6)16-14(9)15-10(5)12(7)20(22)17(15)18(16)21(13)22/h2,5-21H,1,3-4H2/t5-,6+,7-,8-,9?,10+,11-,12-,13-,14?,15+,16-,17+,18+,19?,20-,21+,22?/m1/s1. The third-order valence-corrected chi connectivity index (χ3v) is 13.2. The molecule has 112 valence electrons.